The molecule has 0 aliphatic carbocycles. The van der Waals surface area contributed by atoms with E-state index in [4.69, 9.17) is 20.3 Å². The van der Waals surface area contributed by atoms with Gasteiger partial charge in [0.15, 0.2) is 0 Å². The molecule has 2 aromatic heterocycles. The average Bonchev–Trinajstić information content (AvgIpc) is 3.03. The molecule has 0 saturated heterocycles. The Morgan fingerprint density at radius 1 is 0.745 bits per heavy atom. The quantitative estimate of drug-likeness (QED) is 0.169. The smallest absolute Gasteiger partial charge is 0.335 e. The number of ether oxygens (including phenoxy) is 2. The molecule has 2 aliphatic heterocycles. The Bertz CT molecular complexity index is 2040. The van der Waals surface area contributed by atoms with Gasteiger partial charge in [-0.25, -0.2) is 4.79 Å². The van der Waals surface area contributed by atoms with Gasteiger partial charge in [0.2, 0.25) is 0 Å². The number of fused-ring (bicyclic) bond motifs is 2. The molecule has 0 radical (unpaired) electrons. The minimum absolute atomic E-state index is 0.0648. The first-order valence-electron chi connectivity index (χ1n) is 17.1. The summed E-state index contributed by atoms with van der Waals surface area (Å²) in [6.45, 7) is 16.2. The van der Waals surface area contributed by atoms with Crippen molar-refractivity contribution in [3.63, 3.8) is 0 Å². The number of nitrogens with one attached hydrogen (secondary N) is 3. The van der Waals surface area contributed by atoms with E-state index in [0.29, 0.717) is 28.8 Å². The van der Waals surface area contributed by atoms with Crippen molar-refractivity contribution >= 4 is 11.9 Å². The second kappa shape index (κ2) is 15.8. The molecule has 0 saturated carbocycles. The number of aryl methyl sites for hydroxylation is 6. The lowest BCUT2D eigenvalue weighted by atomic mass is 9.93. The Morgan fingerprint density at radius 3 is 1.65 bits per heavy atom. The van der Waals surface area contributed by atoms with Crippen LogP contribution in [0.4, 0.5) is 0 Å². The van der Waals surface area contributed by atoms with E-state index in [-0.39, 0.29) is 34.8 Å². The Hall–Kier alpha value is -5.16. The summed E-state index contributed by atoms with van der Waals surface area (Å²) in [5.41, 5.74) is 12.6. The van der Waals surface area contributed by atoms with Gasteiger partial charge >= 0.3 is 5.97 Å². The third kappa shape index (κ3) is 10.2. The molecule has 1 amide bonds. The highest BCUT2D eigenvalue weighted by Gasteiger charge is 2.28. The molecule has 11 nitrogen and oxygen atoms in total. The molecular weight excluding hydrogens is 648 g/mol. The van der Waals surface area contributed by atoms with E-state index in [1.54, 1.807) is 24.3 Å². The maximum Gasteiger partial charge on any atom is 0.335 e. The van der Waals surface area contributed by atoms with Crippen molar-refractivity contribution < 1.29 is 24.2 Å². The fourth-order valence-corrected chi connectivity index (χ4v) is 6.10. The molecule has 4 heterocycles. The van der Waals surface area contributed by atoms with Crippen LogP contribution >= 0.6 is 0 Å². The number of aromatic carboxylic acids is 1. The molecule has 0 atom stereocenters. The maximum atomic E-state index is 12.5. The summed E-state index contributed by atoms with van der Waals surface area (Å²) in [5.74, 6) is 0.588. The Morgan fingerprint density at radius 2 is 1.20 bits per heavy atom. The van der Waals surface area contributed by atoms with Gasteiger partial charge in [-0.05, 0) is 152 Å². The van der Waals surface area contributed by atoms with E-state index in [9.17, 15) is 19.2 Å². The van der Waals surface area contributed by atoms with Gasteiger partial charge in [-0.15, -0.1) is 0 Å². The van der Waals surface area contributed by atoms with Crippen LogP contribution in [0.15, 0.2) is 58.1 Å². The number of nitrogens with two attached hydrogens (primary N) is 1. The summed E-state index contributed by atoms with van der Waals surface area (Å²) in [6, 6.07) is 14.4. The number of hydrogen-bond donors (Lipinski definition) is 5. The number of carboxylic acids is 1. The maximum absolute atomic E-state index is 12.5. The molecule has 11 heteroatoms. The first kappa shape index (κ1) is 38.6. The molecule has 0 fully saturated rings. The zero-order chi connectivity index (χ0) is 37.7. The Labute approximate surface area is 298 Å². The number of carbonyl (C=O) groups is 2. The predicted octanol–water partition coefficient (Wildman–Crippen LogP) is 5.96. The van der Waals surface area contributed by atoms with Gasteiger partial charge in [0, 0.05) is 41.2 Å². The van der Waals surface area contributed by atoms with Gasteiger partial charge in [0.25, 0.3) is 17.0 Å². The van der Waals surface area contributed by atoms with Crippen molar-refractivity contribution in [2.24, 2.45) is 5.73 Å². The van der Waals surface area contributed by atoms with Gasteiger partial charge in [0.1, 0.15) is 22.7 Å². The average molecular weight is 699 g/mol. The molecule has 6 N–H and O–H groups in total. The Kier molecular flexibility index (Phi) is 12.0. The molecule has 6 rings (SSSR count). The zero-order valence-corrected chi connectivity index (χ0v) is 30.8. The van der Waals surface area contributed by atoms with Crippen LogP contribution in [-0.4, -0.2) is 38.2 Å². The topological polar surface area (TPSA) is 177 Å². The largest absolute Gasteiger partial charge is 0.488 e. The standard InChI is InChI=1S/C20H24N2O3.C12H14O3.C8H12N2O/c1-12-9-13(2)22-19(24)16(12)11-21-18(23)15-5-6-17-14(10-15)7-8-20(3,4)25-17;1-12(2)6-5-8-7-9(11(13)14)3-4-10(8)15-12;1-5-3-6(2)10-8(11)7(5)4-9/h5-6,9-10H,7-8,11H2,1-4H3,(H,21,23)(H,22,24);3-4,7H,5-6H2,1-2H3,(H,13,14);3H,4,9H2,1-2H3,(H,10,11). The number of carbonyl (C=O) groups excluding carboxylic acids is 1. The van der Waals surface area contributed by atoms with Crippen molar-refractivity contribution in [1.29, 1.82) is 0 Å². The highest BCUT2D eigenvalue weighted by molar-refractivity contribution is 5.94. The SMILES string of the molecule is CC1(C)CCc2cc(C(=O)O)ccc2O1.Cc1cc(C)c(CN)c(=O)[nH]1.Cc1cc(C)c(CNC(=O)c2ccc3c(c2)CCC(C)(C)O3)c(=O)[nH]1. The van der Waals surface area contributed by atoms with Crippen LogP contribution in [0.25, 0.3) is 0 Å². The second-order valence-electron chi connectivity index (χ2n) is 14.4. The lowest BCUT2D eigenvalue weighted by Crippen LogP contribution is -2.33. The van der Waals surface area contributed by atoms with Crippen LogP contribution in [0.2, 0.25) is 0 Å². The molecule has 4 aromatic rings. The summed E-state index contributed by atoms with van der Waals surface area (Å²) >= 11 is 0. The van der Waals surface area contributed by atoms with E-state index in [0.717, 1.165) is 70.8 Å². The normalized spacial score (nSPS) is 14.8. The highest BCUT2D eigenvalue weighted by Crippen LogP contribution is 2.34. The van der Waals surface area contributed by atoms with Crippen molar-refractivity contribution in [1.82, 2.24) is 15.3 Å². The first-order chi connectivity index (χ1) is 23.9. The first-order valence-corrected chi connectivity index (χ1v) is 17.1. The minimum Gasteiger partial charge on any atom is -0.488 e. The van der Waals surface area contributed by atoms with Crippen molar-refractivity contribution in [3.05, 3.63) is 125 Å². The molecule has 0 unspecified atom stereocenters. The number of aromatic amines is 2. The fourth-order valence-electron chi connectivity index (χ4n) is 6.10. The zero-order valence-electron chi connectivity index (χ0n) is 30.8. The number of benzene rings is 2. The van der Waals surface area contributed by atoms with E-state index in [2.05, 4.69) is 29.1 Å². The minimum atomic E-state index is -0.886. The van der Waals surface area contributed by atoms with Crippen LogP contribution in [0.1, 0.15) is 106 Å². The summed E-state index contributed by atoms with van der Waals surface area (Å²) in [6.07, 6.45) is 3.61. The summed E-state index contributed by atoms with van der Waals surface area (Å²) < 4.78 is 11.7. The number of carboxylic acid groups (broad SMARTS) is 1. The Balaban J connectivity index is 0.000000190. The number of amides is 1. The third-order valence-electron chi connectivity index (χ3n) is 9.01. The molecular formula is C40H50N4O7. The number of aromatic nitrogens is 2. The lowest BCUT2D eigenvalue weighted by molar-refractivity contribution is 0.0694. The number of pyridine rings is 2. The van der Waals surface area contributed by atoms with Crippen molar-refractivity contribution in [2.75, 3.05) is 0 Å². The second-order valence-corrected chi connectivity index (χ2v) is 14.4. The van der Waals surface area contributed by atoms with Crippen LogP contribution in [0.3, 0.4) is 0 Å². The van der Waals surface area contributed by atoms with Crippen LogP contribution < -0.4 is 31.6 Å². The summed E-state index contributed by atoms with van der Waals surface area (Å²) in [4.78, 5) is 51.9. The molecule has 2 aliphatic rings. The number of hydrogen-bond acceptors (Lipinski definition) is 7. The molecule has 51 heavy (non-hydrogen) atoms. The van der Waals surface area contributed by atoms with E-state index in [1.165, 1.54) is 0 Å². The van der Waals surface area contributed by atoms with Crippen LogP contribution in [0, 0.1) is 27.7 Å². The molecule has 0 bridgehead atoms. The number of rotatable bonds is 5. The van der Waals surface area contributed by atoms with Gasteiger partial charge in [0.05, 0.1) is 5.56 Å². The van der Waals surface area contributed by atoms with E-state index in [1.807, 2.05) is 65.8 Å². The van der Waals surface area contributed by atoms with Gasteiger partial charge in [-0.1, -0.05) is 0 Å². The molecule has 272 valence electrons. The van der Waals surface area contributed by atoms with Crippen LogP contribution in [0.5, 0.6) is 11.5 Å². The monoisotopic (exact) mass is 698 g/mol. The summed E-state index contributed by atoms with van der Waals surface area (Å²) in [5, 5.41) is 11.7. The lowest BCUT2D eigenvalue weighted by Gasteiger charge is -2.32. The van der Waals surface area contributed by atoms with E-state index < -0.39 is 5.97 Å². The highest BCUT2D eigenvalue weighted by atomic mass is 16.5. The van der Waals surface area contributed by atoms with Crippen molar-refractivity contribution in [3.8, 4) is 11.5 Å². The van der Waals surface area contributed by atoms with Gasteiger partial charge in [-0.2, -0.15) is 0 Å². The third-order valence-corrected chi connectivity index (χ3v) is 9.01. The van der Waals surface area contributed by atoms with Crippen LogP contribution in [-0.2, 0) is 25.9 Å². The predicted molar refractivity (Wildman–Crippen MR) is 198 cm³/mol. The molecule has 2 aromatic carbocycles. The summed E-state index contributed by atoms with van der Waals surface area (Å²) in [7, 11) is 0. The fraction of sp³-hybridized carbons (Fsp3) is 0.400. The molecule has 0 spiro atoms. The van der Waals surface area contributed by atoms with E-state index >= 15 is 0 Å². The van der Waals surface area contributed by atoms with Crippen molar-refractivity contribution in [2.45, 2.75) is 105 Å². The number of H-pyrrole nitrogens is 2. The van der Waals surface area contributed by atoms with Gasteiger partial charge < -0.3 is 35.6 Å². The van der Waals surface area contributed by atoms with Gasteiger partial charge in [-0.3, -0.25) is 14.4 Å².